The number of rotatable bonds is 3. The van der Waals surface area contributed by atoms with Crippen molar-refractivity contribution in [1.29, 1.82) is 5.26 Å². The predicted molar refractivity (Wildman–Crippen MR) is 67.0 cm³/mol. The lowest BCUT2D eigenvalue weighted by Gasteiger charge is -2.28. The number of nitriles is 1. The molecule has 0 aliphatic heterocycles. The van der Waals surface area contributed by atoms with Gasteiger partial charge in [0, 0.05) is 19.7 Å². The third kappa shape index (κ3) is 2.71. The molecule has 1 fully saturated rings. The summed E-state index contributed by atoms with van der Waals surface area (Å²) in [5.74, 6) is 0.357. The summed E-state index contributed by atoms with van der Waals surface area (Å²) in [6, 6.07) is 3.61. The second kappa shape index (κ2) is 5.69. The molecule has 5 nitrogen and oxygen atoms in total. The maximum Gasteiger partial charge on any atom is 0.238 e. The number of aromatic nitrogens is 1. The van der Waals surface area contributed by atoms with E-state index in [4.69, 9.17) is 20.5 Å². The zero-order valence-electron chi connectivity index (χ0n) is 10.4. The van der Waals surface area contributed by atoms with E-state index in [1.165, 1.54) is 0 Å². The van der Waals surface area contributed by atoms with Crippen LogP contribution in [0, 0.1) is 11.3 Å². The van der Waals surface area contributed by atoms with Gasteiger partial charge in [-0.25, -0.2) is 4.98 Å². The lowest BCUT2D eigenvalue weighted by Crippen LogP contribution is -2.30. The summed E-state index contributed by atoms with van der Waals surface area (Å²) in [6.07, 6.45) is 5.79. The van der Waals surface area contributed by atoms with Gasteiger partial charge in [-0.05, 0) is 25.3 Å². The molecule has 0 radical (unpaired) electrons. The Hall–Kier alpha value is -1.80. The Labute approximate surface area is 107 Å². The predicted octanol–water partition coefficient (Wildman–Crippen LogP) is 1.87. The van der Waals surface area contributed by atoms with Gasteiger partial charge in [-0.2, -0.15) is 5.26 Å². The fourth-order valence-electron chi connectivity index (χ4n) is 2.23. The Kier molecular flexibility index (Phi) is 4.00. The van der Waals surface area contributed by atoms with Crippen LogP contribution in [-0.2, 0) is 4.74 Å². The van der Waals surface area contributed by atoms with Crippen LogP contribution in [0.1, 0.15) is 31.2 Å². The van der Waals surface area contributed by atoms with Gasteiger partial charge in [-0.3, -0.25) is 0 Å². The molecule has 1 aliphatic carbocycles. The van der Waals surface area contributed by atoms with Gasteiger partial charge in [-0.15, -0.1) is 0 Å². The van der Waals surface area contributed by atoms with Crippen molar-refractivity contribution >= 4 is 5.69 Å². The summed E-state index contributed by atoms with van der Waals surface area (Å²) >= 11 is 0. The van der Waals surface area contributed by atoms with Gasteiger partial charge in [0.25, 0.3) is 0 Å². The lowest BCUT2D eigenvalue weighted by atomic mass is 9.95. The molecule has 0 saturated heterocycles. The monoisotopic (exact) mass is 247 g/mol. The molecule has 1 aromatic heterocycles. The van der Waals surface area contributed by atoms with Crippen LogP contribution < -0.4 is 10.5 Å². The van der Waals surface area contributed by atoms with Crippen LogP contribution >= 0.6 is 0 Å². The number of nitrogens with zero attached hydrogens (tertiary/aromatic N) is 2. The van der Waals surface area contributed by atoms with Crippen molar-refractivity contribution in [3.8, 4) is 11.9 Å². The van der Waals surface area contributed by atoms with E-state index < -0.39 is 0 Å². The normalized spacial score (nSPS) is 23.3. The minimum atomic E-state index is 0.0624. The van der Waals surface area contributed by atoms with Crippen LogP contribution in [0.3, 0.4) is 0 Å². The molecule has 0 aromatic carbocycles. The van der Waals surface area contributed by atoms with Crippen LogP contribution in [0.2, 0.25) is 0 Å². The minimum Gasteiger partial charge on any atom is -0.473 e. The third-order valence-electron chi connectivity index (χ3n) is 3.26. The van der Waals surface area contributed by atoms with Crippen molar-refractivity contribution in [2.24, 2.45) is 0 Å². The fourth-order valence-corrected chi connectivity index (χ4v) is 2.23. The summed E-state index contributed by atoms with van der Waals surface area (Å²) in [4.78, 5) is 4.09. The van der Waals surface area contributed by atoms with Crippen LogP contribution in [0.4, 0.5) is 5.69 Å². The van der Waals surface area contributed by atoms with E-state index in [0.29, 0.717) is 17.1 Å². The second-order valence-electron chi connectivity index (χ2n) is 4.45. The van der Waals surface area contributed by atoms with Crippen LogP contribution in [0.5, 0.6) is 5.88 Å². The highest BCUT2D eigenvalue weighted by Crippen LogP contribution is 2.28. The van der Waals surface area contributed by atoms with Crippen molar-refractivity contribution in [3.63, 3.8) is 0 Å². The van der Waals surface area contributed by atoms with Crippen LogP contribution in [0.15, 0.2) is 12.3 Å². The van der Waals surface area contributed by atoms with Gasteiger partial charge in [0.2, 0.25) is 5.88 Å². The Morgan fingerprint density at radius 3 is 2.94 bits per heavy atom. The molecule has 1 heterocycles. The summed E-state index contributed by atoms with van der Waals surface area (Å²) < 4.78 is 11.1. The van der Waals surface area contributed by atoms with E-state index >= 15 is 0 Å². The van der Waals surface area contributed by atoms with E-state index in [1.807, 2.05) is 6.07 Å². The fraction of sp³-hybridized carbons (Fsp3) is 0.538. The molecule has 5 heteroatoms. The lowest BCUT2D eigenvalue weighted by molar-refractivity contribution is 0.0198. The van der Waals surface area contributed by atoms with E-state index in [-0.39, 0.29) is 12.2 Å². The molecule has 2 atom stereocenters. The maximum atomic E-state index is 8.90. The first-order valence-corrected chi connectivity index (χ1v) is 6.08. The Bertz CT molecular complexity index is 456. The van der Waals surface area contributed by atoms with Crippen molar-refractivity contribution in [3.05, 3.63) is 17.8 Å². The molecule has 18 heavy (non-hydrogen) atoms. The van der Waals surface area contributed by atoms with Crippen molar-refractivity contribution in [2.45, 2.75) is 37.9 Å². The zero-order valence-corrected chi connectivity index (χ0v) is 10.4. The molecule has 0 amide bonds. The van der Waals surface area contributed by atoms with E-state index in [1.54, 1.807) is 19.4 Å². The molecular formula is C13H17N3O2. The Morgan fingerprint density at radius 1 is 1.44 bits per heavy atom. The molecule has 1 aromatic rings. The highest BCUT2D eigenvalue weighted by molar-refractivity contribution is 5.59. The topological polar surface area (TPSA) is 81.2 Å². The average molecular weight is 247 g/mol. The van der Waals surface area contributed by atoms with E-state index in [0.717, 1.165) is 25.7 Å². The largest absolute Gasteiger partial charge is 0.473 e. The van der Waals surface area contributed by atoms with Gasteiger partial charge < -0.3 is 15.2 Å². The Morgan fingerprint density at radius 2 is 2.22 bits per heavy atom. The van der Waals surface area contributed by atoms with Crippen molar-refractivity contribution in [1.82, 2.24) is 4.98 Å². The molecular weight excluding hydrogens is 230 g/mol. The minimum absolute atomic E-state index is 0.0624. The molecule has 1 saturated carbocycles. The number of methoxy groups -OCH3 is 1. The van der Waals surface area contributed by atoms with E-state index in [2.05, 4.69) is 4.98 Å². The van der Waals surface area contributed by atoms with Gasteiger partial charge in [0.15, 0.2) is 0 Å². The van der Waals surface area contributed by atoms with Crippen LogP contribution in [-0.4, -0.2) is 24.3 Å². The van der Waals surface area contributed by atoms with Crippen LogP contribution in [0.25, 0.3) is 0 Å². The number of nitrogen functional groups attached to an aromatic ring is 1. The quantitative estimate of drug-likeness (QED) is 0.881. The molecule has 0 bridgehead atoms. The molecule has 2 N–H and O–H groups in total. The van der Waals surface area contributed by atoms with Gasteiger partial charge >= 0.3 is 0 Å². The van der Waals surface area contributed by atoms with Crippen molar-refractivity contribution < 1.29 is 9.47 Å². The first-order chi connectivity index (χ1) is 8.74. The molecule has 0 spiro atoms. The smallest absolute Gasteiger partial charge is 0.238 e. The average Bonchev–Trinajstić information content (AvgIpc) is 2.41. The van der Waals surface area contributed by atoms with Gasteiger partial charge in [0.1, 0.15) is 17.9 Å². The summed E-state index contributed by atoms with van der Waals surface area (Å²) in [6.45, 7) is 0. The Balaban J connectivity index is 2.07. The molecule has 96 valence electrons. The molecule has 2 rings (SSSR count). The summed E-state index contributed by atoms with van der Waals surface area (Å²) in [5, 5.41) is 8.90. The highest BCUT2D eigenvalue weighted by atomic mass is 16.5. The standard InChI is InChI=1S/C13H17N3O2/c1-17-10-3-2-4-11(7-10)18-13-12(15)9(8-14)5-6-16-13/h5-6,10-11H,2-4,7,15H2,1H3. The first-order valence-electron chi connectivity index (χ1n) is 6.08. The number of hydrogen-bond donors (Lipinski definition) is 1. The molecule has 2 unspecified atom stereocenters. The second-order valence-corrected chi connectivity index (χ2v) is 4.45. The SMILES string of the molecule is COC1CCCC(Oc2nccc(C#N)c2N)C1. The highest BCUT2D eigenvalue weighted by Gasteiger charge is 2.24. The molecule has 1 aliphatic rings. The van der Waals surface area contributed by atoms with E-state index in [9.17, 15) is 0 Å². The van der Waals surface area contributed by atoms with Gasteiger partial charge in [-0.1, -0.05) is 0 Å². The number of ether oxygens (including phenoxy) is 2. The number of anilines is 1. The number of nitrogens with two attached hydrogens (primary N) is 1. The number of pyridine rings is 1. The third-order valence-corrected chi connectivity index (χ3v) is 3.26. The zero-order chi connectivity index (χ0) is 13.0. The maximum absolute atomic E-state index is 8.90. The van der Waals surface area contributed by atoms with Gasteiger partial charge in [0.05, 0.1) is 11.7 Å². The first kappa shape index (κ1) is 12.7. The summed E-state index contributed by atoms with van der Waals surface area (Å²) in [5.41, 5.74) is 6.56. The number of hydrogen-bond acceptors (Lipinski definition) is 5. The summed E-state index contributed by atoms with van der Waals surface area (Å²) in [7, 11) is 1.72. The van der Waals surface area contributed by atoms with Crippen molar-refractivity contribution in [2.75, 3.05) is 12.8 Å².